The van der Waals surface area contributed by atoms with Crippen LogP contribution in [0.2, 0.25) is 0 Å². The molecule has 78 valence electrons. The van der Waals surface area contributed by atoms with Gasteiger partial charge in [0.05, 0.1) is 12.7 Å². The predicted molar refractivity (Wildman–Crippen MR) is 52.6 cm³/mol. The Balaban J connectivity index is 2.35. The van der Waals surface area contributed by atoms with Gasteiger partial charge in [-0.05, 0) is 19.8 Å². The molecule has 1 fully saturated rings. The number of hydrogen-bond donors (Lipinski definition) is 2. The quantitative estimate of drug-likeness (QED) is 0.662. The van der Waals surface area contributed by atoms with Crippen LogP contribution in [0.15, 0.2) is 0 Å². The summed E-state index contributed by atoms with van der Waals surface area (Å²) in [5, 5.41) is 18.2. The second-order valence-electron chi connectivity index (χ2n) is 4.01. The average molecular weight is 187 g/mol. The first-order chi connectivity index (χ1) is 6.24. The first kappa shape index (κ1) is 11.0. The van der Waals surface area contributed by atoms with Gasteiger partial charge in [0.15, 0.2) is 0 Å². The molecule has 0 aromatic rings. The van der Waals surface area contributed by atoms with Gasteiger partial charge < -0.3 is 10.2 Å². The van der Waals surface area contributed by atoms with Crippen molar-refractivity contribution in [2.24, 2.45) is 0 Å². The topological polar surface area (TPSA) is 43.7 Å². The minimum Gasteiger partial charge on any atom is -0.395 e. The highest BCUT2D eigenvalue weighted by atomic mass is 16.3. The van der Waals surface area contributed by atoms with Crippen LogP contribution in [0.4, 0.5) is 0 Å². The number of hydrogen-bond acceptors (Lipinski definition) is 3. The molecule has 1 aliphatic carbocycles. The summed E-state index contributed by atoms with van der Waals surface area (Å²) in [5.74, 6) is 0. The lowest BCUT2D eigenvalue weighted by Crippen LogP contribution is -2.40. The highest BCUT2D eigenvalue weighted by Gasteiger charge is 2.22. The maximum Gasteiger partial charge on any atom is 0.0639 e. The van der Waals surface area contributed by atoms with E-state index >= 15 is 0 Å². The van der Waals surface area contributed by atoms with Gasteiger partial charge in [0.2, 0.25) is 0 Å². The van der Waals surface area contributed by atoms with Crippen LogP contribution in [-0.2, 0) is 0 Å². The molecule has 0 bridgehead atoms. The first-order valence-electron chi connectivity index (χ1n) is 5.27. The molecule has 1 atom stereocenters. The Hall–Kier alpha value is -0.120. The van der Waals surface area contributed by atoms with E-state index < -0.39 is 0 Å². The third-order valence-corrected chi connectivity index (χ3v) is 2.73. The van der Waals surface area contributed by atoms with Gasteiger partial charge in [0.25, 0.3) is 0 Å². The summed E-state index contributed by atoms with van der Waals surface area (Å²) in [6.45, 7) is 3.41. The maximum absolute atomic E-state index is 9.29. The molecule has 0 spiro atoms. The van der Waals surface area contributed by atoms with Crippen molar-refractivity contribution in [1.82, 2.24) is 4.90 Å². The second kappa shape index (κ2) is 5.58. The van der Waals surface area contributed by atoms with E-state index in [1.54, 1.807) is 6.92 Å². The monoisotopic (exact) mass is 187 g/mol. The molecule has 0 radical (unpaired) electrons. The predicted octanol–water partition coefficient (Wildman–Crippen LogP) is 0.604. The van der Waals surface area contributed by atoms with Crippen LogP contribution in [0, 0.1) is 0 Å². The molecule has 0 unspecified atom stereocenters. The molecule has 1 rings (SSSR count). The van der Waals surface area contributed by atoms with Crippen LogP contribution in [-0.4, -0.2) is 47.0 Å². The lowest BCUT2D eigenvalue weighted by atomic mass is 10.2. The van der Waals surface area contributed by atoms with Crippen molar-refractivity contribution in [2.75, 3.05) is 19.7 Å². The van der Waals surface area contributed by atoms with Gasteiger partial charge in [-0.1, -0.05) is 12.8 Å². The fourth-order valence-electron chi connectivity index (χ4n) is 2.16. The number of aliphatic hydroxyl groups excluding tert-OH is 2. The molecule has 3 heteroatoms. The SMILES string of the molecule is C[C@@H](O)CN(CCO)C1CCCC1. The molecule has 0 aliphatic heterocycles. The zero-order chi connectivity index (χ0) is 9.68. The van der Waals surface area contributed by atoms with E-state index in [9.17, 15) is 5.11 Å². The summed E-state index contributed by atoms with van der Waals surface area (Å²) < 4.78 is 0. The Kier molecular flexibility index (Phi) is 4.70. The Bertz CT molecular complexity index is 133. The highest BCUT2D eigenvalue weighted by Crippen LogP contribution is 2.23. The molecular formula is C10H21NO2. The number of nitrogens with zero attached hydrogens (tertiary/aromatic N) is 1. The zero-order valence-electron chi connectivity index (χ0n) is 8.45. The van der Waals surface area contributed by atoms with Crippen molar-refractivity contribution in [1.29, 1.82) is 0 Å². The highest BCUT2D eigenvalue weighted by molar-refractivity contribution is 4.78. The van der Waals surface area contributed by atoms with E-state index in [1.807, 2.05) is 0 Å². The lowest BCUT2D eigenvalue weighted by Gasteiger charge is -2.29. The molecule has 2 N–H and O–H groups in total. The maximum atomic E-state index is 9.29. The van der Waals surface area contributed by atoms with Gasteiger partial charge in [-0.2, -0.15) is 0 Å². The molecule has 3 nitrogen and oxygen atoms in total. The van der Waals surface area contributed by atoms with E-state index in [4.69, 9.17) is 5.11 Å². The molecule has 0 aromatic heterocycles. The molecule has 0 heterocycles. The normalized spacial score (nSPS) is 21.2. The van der Waals surface area contributed by atoms with Gasteiger partial charge in [0, 0.05) is 19.1 Å². The van der Waals surface area contributed by atoms with Crippen molar-refractivity contribution >= 4 is 0 Å². The van der Waals surface area contributed by atoms with E-state index in [1.165, 1.54) is 25.7 Å². The summed E-state index contributed by atoms with van der Waals surface area (Å²) in [6.07, 6.45) is 4.77. The average Bonchev–Trinajstić information content (AvgIpc) is 2.54. The summed E-state index contributed by atoms with van der Waals surface area (Å²) in [5.41, 5.74) is 0. The van der Waals surface area contributed by atoms with E-state index in [0.717, 1.165) is 0 Å². The summed E-state index contributed by atoms with van der Waals surface area (Å²) in [4.78, 5) is 2.22. The third kappa shape index (κ3) is 3.63. The van der Waals surface area contributed by atoms with Crippen LogP contribution in [0.5, 0.6) is 0 Å². The van der Waals surface area contributed by atoms with Gasteiger partial charge >= 0.3 is 0 Å². The Labute approximate surface area is 80.4 Å². The minimum atomic E-state index is -0.285. The van der Waals surface area contributed by atoms with Crippen LogP contribution < -0.4 is 0 Å². The zero-order valence-corrected chi connectivity index (χ0v) is 8.45. The summed E-state index contributed by atoms with van der Waals surface area (Å²) in [7, 11) is 0. The van der Waals surface area contributed by atoms with Gasteiger partial charge in [-0.25, -0.2) is 0 Å². The molecule has 0 aromatic carbocycles. The number of aliphatic hydroxyl groups is 2. The van der Waals surface area contributed by atoms with Crippen molar-refractivity contribution in [3.05, 3.63) is 0 Å². The second-order valence-corrected chi connectivity index (χ2v) is 4.01. The molecule has 1 aliphatic rings. The molecule has 0 amide bonds. The Morgan fingerprint density at radius 1 is 1.38 bits per heavy atom. The minimum absolute atomic E-state index is 0.198. The lowest BCUT2D eigenvalue weighted by molar-refractivity contribution is 0.0837. The van der Waals surface area contributed by atoms with Crippen LogP contribution in [0.1, 0.15) is 32.6 Å². The standard InChI is InChI=1S/C10H21NO2/c1-9(13)8-11(6-7-12)10-4-2-3-5-10/h9-10,12-13H,2-8H2,1H3/t9-/m1/s1. The Morgan fingerprint density at radius 2 is 2.00 bits per heavy atom. The molecular weight excluding hydrogens is 166 g/mol. The van der Waals surface area contributed by atoms with Crippen molar-refractivity contribution in [3.63, 3.8) is 0 Å². The van der Waals surface area contributed by atoms with Crippen molar-refractivity contribution < 1.29 is 10.2 Å². The first-order valence-corrected chi connectivity index (χ1v) is 5.27. The summed E-state index contributed by atoms with van der Waals surface area (Å²) >= 11 is 0. The van der Waals surface area contributed by atoms with Crippen LogP contribution >= 0.6 is 0 Å². The fourth-order valence-corrected chi connectivity index (χ4v) is 2.16. The van der Waals surface area contributed by atoms with Gasteiger partial charge in [-0.3, -0.25) is 4.90 Å². The van der Waals surface area contributed by atoms with Crippen molar-refractivity contribution in [3.8, 4) is 0 Å². The molecule has 13 heavy (non-hydrogen) atoms. The van der Waals surface area contributed by atoms with Gasteiger partial charge in [0.1, 0.15) is 0 Å². The molecule has 0 saturated heterocycles. The third-order valence-electron chi connectivity index (χ3n) is 2.73. The largest absolute Gasteiger partial charge is 0.395 e. The smallest absolute Gasteiger partial charge is 0.0639 e. The summed E-state index contributed by atoms with van der Waals surface area (Å²) in [6, 6.07) is 0.599. The van der Waals surface area contributed by atoms with Crippen molar-refractivity contribution in [2.45, 2.75) is 44.8 Å². The van der Waals surface area contributed by atoms with E-state index in [0.29, 0.717) is 19.1 Å². The van der Waals surface area contributed by atoms with Crippen LogP contribution in [0.3, 0.4) is 0 Å². The van der Waals surface area contributed by atoms with E-state index in [2.05, 4.69) is 4.90 Å². The fraction of sp³-hybridized carbons (Fsp3) is 1.00. The molecule has 1 saturated carbocycles. The number of rotatable bonds is 5. The Morgan fingerprint density at radius 3 is 2.46 bits per heavy atom. The van der Waals surface area contributed by atoms with Crippen LogP contribution in [0.25, 0.3) is 0 Å². The van der Waals surface area contributed by atoms with E-state index in [-0.39, 0.29) is 12.7 Å². The van der Waals surface area contributed by atoms with Gasteiger partial charge in [-0.15, -0.1) is 0 Å².